The summed E-state index contributed by atoms with van der Waals surface area (Å²) < 4.78 is 10.7. The first-order valence-electron chi connectivity index (χ1n) is 11.2. The summed E-state index contributed by atoms with van der Waals surface area (Å²) >= 11 is 1.53. The van der Waals surface area contributed by atoms with E-state index in [-0.39, 0.29) is 17.9 Å². The molecule has 7 nitrogen and oxygen atoms in total. The number of morpholine rings is 1. The normalized spacial score (nSPS) is 20.4. The Kier molecular flexibility index (Phi) is 8.68. The lowest BCUT2D eigenvalue weighted by Gasteiger charge is -2.26. The Morgan fingerprint density at radius 3 is 2.83 bits per heavy atom. The number of carbonyl (C=O) groups is 2. The molecular weight excluding hydrogens is 402 g/mol. The molecule has 2 atom stereocenters. The molecule has 1 fully saturated rings. The van der Waals surface area contributed by atoms with Gasteiger partial charge in [-0.2, -0.15) is 0 Å². The summed E-state index contributed by atoms with van der Waals surface area (Å²) in [6.07, 6.45) is 3.87. The van der Waals surface area contributed by atoms with Crippen LogP contribution in [0.1, 0.15) is 54.4 Å². The maximum atomic E-state index is 12.8. The smallest absolute Gasteiger partial charge is 0.341 e. The number of hydrogen-bond acceptors (Lipinski definition) is 7. The maximum Gasteiger partial charge on any atom is 0.341 e. The topological polar surface area (TPSA) is 79.9 Å². The van der Waals surface area contributed by atoms with E-state index in [2.05, 4.69) is 22.5 Å². The number of amides is 1. The lowest BCUT2D eigenvalue weighted by molar-refractivity contribution is -0.117. The van der Waals surface area contributed by atoms with Crippen molar-refractivity contribution < 1.29 is 19.1 Å². The van der Waals surface area contributed by atoms with Crippen molar-refractivity contribution in [2.24, 2.45) is 5.92 Å². The van der Waals surface area contributed by atoms with Crippen molar-refractivity contribution in [3.8, 4) is 0 Å². The molecule has 30 heavy (non-hydrogen) atoms. The van der Waals surface area contributed by atoms with Crippen LogP contribution in [0.2, 0.25) is 0 Å². The molecule has 0 radical (unpaired) electrons. The minimum atomic E-state index is -0.331. The van der Waals surface area contributed by atoms with Gasteiger partial charge < -0.3 is 20.1 Å². The highest BCUT2D eigenvalue weighted by molar-refractivity contribution is 7.17. The Morgan fingerprint density at radius 1 is 1.33 bits per heavy atom. The van der Waals surface area contributed by atoms with Crippen molar-refractivity contribution in [1.82, 2.24) is 10.2 Å². The van der Waals surface area contributed by atoms with Crippen molar-refractivity contribution in [3.63, 3.8) is 0 Å². The van der Waals surface area contributed by atoms with Gasteiger partial charge in [-0.15, -0.1) is 11.3 Å². The fourth-order valence-corrected chi connectivity index (χ4v) is 5.42. The Balaban J connectivity index is 1.56. The van der Waals surface area contributed by atoms with Gasteiger partial charge in [0.25, 0.3) is 0 Å². The van der Waals surface area contributed by atoms with Crippen LogP contribution in [0.4, 0.5) is 5.00 Å². The van der Waals surface area contributed by atoms with Gasteiger partial charge in [-0.3, -0.25) is 9.69 Å². The van der Waals surface area contributed by atoms with E-state index in [9.17, 15) is 9.59 Å². The predicted molar refractivity (Wildman–Crippen MR) is 119 cm³/mol. The van der Waals surface area contributed by atoms with Crippen LogP contribution < -0.4 is 10.6 Å². The second-order valence-electron chi connectivity index (χ2n) is 8.25. The number of carbonyl (C=O) groups excluding carboxylic acids is 2. The molecule has 0 spiro atoms. The van der Waals surface area contributed by atoms with E-state index in [0.717, 1.165) is 70.6 Å². The van der Waals surface area contributed by atoms with Crippen molar-refractivity contribution in [2.45, 2.75) is 52.5 Å². The number of ether oxygens (including phenoxy) is 2. The number of nitrogens with zero attached hydrogens (tertiary/aromatic N) is 1. The molecule has 0 bridgehead atoms. The van der Waals surface area contributed by atoms with Crippen LogP contribution in [0.25, 0.3) is 0 Å². The number of esters is 1. The molecule has 168 valence electrons. The van der Waals surface area contributed by atoms with Crippen LogP contribution in [0.15, 0.2) is 0 Å². The quantitative estimate of drug-likeness (QED) is 0.457. The van der Waals surface area contributed by atoms with Crippen LogP contribution in [0.5, 0.6) is 0 Å². The molecular formula is C22H35N3O4S. The largest absolute Gasteiger partial charge is 0.462 e. The zero-order valence-electron chi connectivity index (χ0n) is 18.4. The lowest BCUT2D eigenvalue weighted by Crippen LogP contribution is -2.41. The Hall–Kier alpha value is -1.48. The molecule has 2 heterocycles. The predicted octanol–water partition coefficient (Wildman–Crippen LogP) is 2.69. The zero-order chi connectivity index (χ0) is 21.5. The molecule has 1 aromatic heterocycles. The van der Waals surface area contributed by atoms with Gasteiger partial charge >= 0.3 is 5.97 Å². The monoisotopic (exact) mass is 437 g/mol. The molecule has 2 aliphatic rings. The van der Waals surface area contributed by atoms with E-state index >= 15 is 0 Å². The molecule has 1 aliphatic heterocycles. The summed E-state index contributed by atoms with van der Waals surface area (Å²) in [7, 11) is 0. The second-order valence-corrected chi connectivity index (χ2v) is 9.35. The van der Waals surface area contributed by atoms with Gasteiger partial charge in [-0.1, -0.05) is 6.92 Å². The minimum absolute atomic E-state index is 0.112. The maximum absolute atomic E-state index is 12.8. The first-order chi connectivity index (χ1) is 14.5. The van der Waals surface area contributed by atoms with Crippen molar-refractivity contribution >= 4 is 28.2 Å². The fraction of sp³-hybridized carbons (Fsp3) is 0.727. The number of nitrogens with one attached hydrogen (secondary N) is 2. The zero-order valence-corrected chi connectivity index (χ0v) is 19.2. The summed E-state index contributed by atoms with van der Waals surface area (Å²) in [5.41, 5.74) is 1.63. The van der Waals surface area contributed by atoms with Crippen LogP contribution >= 0.6 is 11.3 Å². The van der Waals surface area contributed by atoms with E-state index in [1.165, 1.54) is 16.2 Å². The molecule has 1 saturated heterocycles. The summed E-state index contributed by atoms with van der Waals surface area (Å²) in [5.74, 6) is 0.159. The molecule has 1 amide bonds. The van der Waals surface area contributed by atoms with E-state index < -0.39 is 0 Å². The minimum Gasteiger partial charge on any atom is -0.462 e. The summed E-state index contributed by atoms with van der Waals surface area (Å²) in [6.45, 7) is 11.6. The first-order valence-corrected chi connectivity index (χ1v) is 12.0. The third-order valence-electron chi connectivity index (χ3n) is 5.83. The van der Waals surface area contributed by atoms with Crippen molar-refractivity contribution in [1.29, 1.82) is 0 Å². The summed E-state index contributed by atoms with van der Waals surface area (Å²) in [4.78, 5) is 29.0. The van der Waals surface area contributed by atoms with Gasteiger partial charge in [0.1, 0.15) is 5.00 Å². The van der Waals surface area contributed by atoms with Crippen molar-refractivity contribution in [3.05, 3.63) is 16.0 Å². The van der Waals surface area contributed by atoms with Crippen LogP contribution in [-0.2, 0) is 27.1 Å². The molecule has 0 aromatic carbocycles. The fourth-order valence-electron chi connectivity index (χ4n) is 4.02. The van der Waals surface area contributed by atoms with Gasteiger partial charge in [-0.25, -0.2) is 4.79 Å². The van der Waals surface area contributed by atoms with E-state index in [1.807, 2.05) is 6.92 Å². The number of rotatable bonds is 9. The third kappa shape index (κ3) is 6.03. The van der Waals surface area contributed by atoms with Crippen LogP contribution in [0, 0.1) is 5.92 Å². The molecule has 0 unspecified atom stereocenters. The average molecular weight is 438 g/mol. The number of thiophene rings is 1. The number of hydrogen-bond donors (Lipinski definition) is 2. The third-order valence-corrected chi connectivity index (χ3v) is 7.00. The standard InChI is InChI=1S/C22H35N3O4S/c1-4-29-22(27)19-17-7-6-15(2)14-18(17)30-21(19)24-20(26)16(3)23-8-5-9-25-10-12-28-13-11-25/h15-16,23H,4-14H2,1-3H3,(H,24,26)/t15-,16+/m0/s1. The van der Waals surface area contributed by atoms with Crippen LogP contribution in [0.3, 0.4) is 0 Å². The molecule has 1 aromatic rings. The van der Waals surface area contributed by atoms with Crippen molar-refractivity contribution in [2.75, 3.05) is 51.3 Å². The van der Waals surface area contributed by atoms with Gasteiger partial charge in [-0.05, 0) is 64.1 Å². The van der Waals surface area contributed by atoms with Gasteiger partial charge in [0, 0.05) is 18.0 Å². The van der Waals surface area contributed by atoms with E-state index in [4.69, 9.17) is 9.47 Å². The first kappa shape index (κ1) is 23.2. The molecule has 0 saturated carbocycles. The molecule has 1 aliphatic carbocycles. The Morgan fingerprint density at radius 2 is 2.10 bits per heavy atom. The number of anilines is 1. The van der Waals surface area contributed by atoms with Gasteiger partial charge in [0.05, 0.1) is 31.4 Å². The molecule has 8 heteroatoms. The average Bonchev–Trinajstić information content (AvgIpc) is 3.08. The van der Waals surface area contributed by atoms with Gasteiger partial charge in [0.15, 0.2) is 0 Å². The van der Waals surface area contributed by atoms with Gasteiger partial charge in [0.2, 0.25) is 5.91 Å². The summed E-state index contributed by atoms with van der Waals surface area (Å²) in [6, 6.07) is -0.331. The van der Waals surface area contributed by atoms with Crippen LogP contribution in [-0.4, -0.2) is 68.8 Å². The van der Waals surface area contributed by atoms with E-state index in [0.29, 0.717) is 23.1 Å². The lowest BCUT2D eigenvalue weighted by atomic mass is 9.88. The Labute approximate surface area is 183 Å². The molecule has 3 rings (SSSR count). The SMILES string of the molecule is CCOC(=O)c1c(NC(=O)[C@@H](C)NCCCN2CCOCC2)sc2c1CC[C@H](C)C2. The molecule has 2 N–H and O–H groups in total. The highest BCUT2D eigenvalue weighted by Gasteiger charge is 2.29. The second kappa shape index (κ2) is 11.2. The highest BCUT2D eigenvalue weighted by atomic mass is 32.1. The Bertz CT molecular complexity index is 730. The summed E-state index contributed by atoms with van der Waals surface area (Å²) in [5, 5.41) is 6.94. The van der Waals surface area contributed by atoms with E-state index in [1.54, 1.807) is 6.92 Å². The number of fused-ring (bicyclic) bond motifs is 1. The highest BCUT2D eigenvalue weighted by Crippen LogP contribution is 2.40.